The van der Waals surface area contributed by atoms with Gasteiger partial charge in [-0.25, -0.2) is 13.6 Å². The van der Waals surface area contributed by atoms with Crippen LogP contribution >= 0.6 is 11.6 Å². The van der Waals surface area contributed by atoms with Crippen molar-refractivity contribution in [3.05, 3.63) is 34.4 Å². The number of hydrogen-bond donors (Lipinski definition) is 2. The van der Waals surface area contributed by atoms with Crippen molar-refractivity contribution in [2.45, 2.75) is 37.1 Å². The molecule has 0 bridgehead atoms. The van der Waals surface area contributed by atoms with Gasteiger partial charge in [0.15, 0.2) is 0 Å². The van der Waals surface area contributed by atoms with E-state index in [1.54, 1.807) is 0 Å². The lowest BCUT2D eigenvalue weighted by Gasteiger charge is -2.43. The van der Waals surface area contributed by atoms with E-state index in [1.807, 2.05) is 0 Å². The van der Waals surface area contributed by atoms with Crippen molar-refractivity contribution in [2.75, 3.05) is 20.1 Å². The van der Waals surface area contributed by atoms with E-state index in [4.69, 9.17) is 17.3 Å². The third-order valence-corrected chi connectivity index (χ3v) is 6.08. The molecule has 0 saturated carbocycles. The fourth-order valence-corrected chi connectivity index (χ4v) is 4.36. The molecular weight excluding hydrogens is 435 g/mol. The number of carbonyl (C=O) groups excluding carboxylic acids is 2. The second-order valence-corrected chi connectivity index (χ2v) is 7.97. The van der Waals surface area contributed by atoms with Crippen molar-refractivity contribution in [3.63, 3.8) is 0 Å². The fourth-order valence-electron chi connectivity index (χ4n) is 4.18. The zero-order valence-electron chi connectivity index (χ0n) is 15.8. The second kappa shape index (κ2) is 8.18. The monoisotopic (exact) mass is 454 g/mol. The Morgan fingerprint density at radius 1 is 1.33 bits per heavy atom. The Labute approximate surface area is 174 Å². The minimum absolute atomic E-state index is 0.0522. The predicted molar refractivity (Wildman–Crippen MR) is 97.5 cm³/mol. The zero-order valence-corrected chi connectivity index (χ0v) is 16.6. The summed E-state index contributed by atoms with van der Waals surface area (Å²) in [4.78, 5) is 26.2. The Morgan fingerprint density at radius 2 is 2.00 bits per heavy atom. The number of amides is 3. The topological polar surface area (TPSA) is 78.7 Å². The molecule has 2 aliphatic heterocycles. The summed E-state index contributed by atoms with van der Waals surface area (Å²) in [6, 6.07) is -2.88. The smallest absolute Gasteiger partial charge is 0.368 e. The minimum atomic E-state index is -4.53. The van der Waals surface area contributed by atoms with Gasteiger partial charge < -0.3 is 16.0 Å². The van der Waals surface area contributed by atoms with E-state index in [9.17, 15) is 31.5 Å². The van der Waals surface area contributed by atoms with Crippen molar-refractivity contribution >= 4 is 23.5 Å². The van der Waals surface area contributed by atoms with Crippen LogP contribution in [0.5, 0.6) is 0 Å². The molecule has 1 aromatic carbocycles. The van der Waals surface area contributed by atoms with Crippen molar-refractivity contribution < 1.29 is 31.5 Å². The molecule has 0 aromatic heterocycles. The molecule has 2 saturated heterocycles. The number of primary amides is 1. The fraction of sp³-hybridized carbons (Fsp3) is 0.556. The first kappa shape index (κ1) is 22.5. The normalized spacial score (nSPS) is 26.6. The number of piperidine rings is 1. The highest BCUT2D eigenvalue weighted by Crippen LogP contribution is 2.43. The van der Waals surface area contributed by atoms with Gasteiger partial charge >= 0.3 is 12.2 Å². The van der Waals surface area contributed by atoms with Crippen LogP contribution in [-0.2, 0) is 4.79 Å². The SMILES string of the molecule is CN1CC[C@H]([C@@H](c2ccc(F)c(Cl)c2F)N2CC(C(N)=O)NC2=O)C[C@@H]1C(F)(F)F. The number of hydrogen-bond acceptors (Lipinski definition) is 3. The number of benzene rings is 1. The largest absolute Gasteiger partial charge is 0.404 e. The number of nitrogens with two attached hydrogens (primary N) is 1. The Kier molecular flexibility index (Phi) is 6.15. The molecule has 0 aliphatic carbocycles. The molecule has 0 radical (unpaired) electrons. The quantitative estimate of drug-likeness (QED) is 0.542. The molecule has 3 rings (SSSR count). The number of nitrogens with one attached hydrogen (secondary N) is 1. The first-order chi connectivity index (χ1) is 13.9. The number of rotatable bonds is 4. The standard InChI is InChI=1S/C18H20ClF5N4O2/c1-27-5-4-8(6-12(27)18(22,23)24)15(9-2-3-10(20)13(19)14(9)21)28-7-11(16(25)29)26-17(28)30/h2-3,8,11-12,15H,4-7H2,1H3,(H2,25,29)(H,26,30)/t8-,11?,12+,15-/m0/s1. The van der Waals surface area contributed by atoms with E-state index in [0.29, 0.717) is 0 Å². The Bertz CT molecular complexity index is 853. The molecular formula is C18H20ClF5N4O2. The number of nitrogens with zero attached hydrogens (tertiary/aromatic N) is 2. The maximum Gasteiger partial charge on any atom is 0.404 e. The molecule has 6 nitrogen and oxygen atoms in total. The van der Waals surface area contributed by atoms with Gasteiger partial charge in [0.25, 0.3) is 0 Å². The molecule has 12 heteroatoms. The van der Waals surface area contributed by atoms with Crippen LogP contribution in [-0.4, -0.2) is 60.1 Å². The van der Waals surface area contributed by atoms with Gasteiger partial charge in [0, 0.05) is 5.56 Å². The van der Waals surface area contributed by atoms with Crippen LogP contribution in [0.2, 0.25) is 5.02 Å². The highest BCUT2D eigenvalue weighted by atomic mass is 35.5. The predicted octanol–water partition coefficient (Wildman–Crippen LogP) is 2.81. The van der Waals surface area contributed by atoms with Gasteiger partial charge in [-0.1, -0.05) is 17.7 Å². The van der Waals surface area contributed by atoms with Gasteiger partial charge in [0.05, 0.1) is 12.6 Å². The first-order valence-corrected chi connectivity index (χ1v) is 9.56. The third kappa shape index (κ3) is 4.18. The summed E-state index contributed by atoms with van der Waals surface area (Å²) in [5.74, 6) is -3.84. The molecule has 2 fully saturated rings. The second-order valence-electron chi connectivity index (χ2n) is 7.59. The molecule has 1 aromatic rings. The van der Waals surface area contributed by atoms with Crippen molar-refractivity contribution in [1.82, 2.24) is 15.1 Å². The molecule has 3 amide bonds. The average molecular weight is 455 g/mol. The van der Waals surface area contributed by atoms with Crippen LogP contribution < -0.4 is 11.1 Å². The van der Waals surface area contributed by atoms with E-state index in [2.05, 4.69) is 5.32 Å². The summed E-state index contributed by atoms with van der Waals surface area (Å²) in [6.45, 7) is -0.201. The number of likely N-dealkylation sites (tertiary alicyclic amines) is 1. The van der Waals surface area contributed by atoms with Crippen LogP contribution in [0.4, 0.5) is 26.7 Å². The minimum Gasteiger partial charge on any atom is -0.368 e. The number of carbonyl (C=O) groups is 2. The lowest BCUT2D eigenvalue weighted by molar-refractivity contribution is -0.193. The van der Waals surface area contributed by atoms with E-state index < -0.39 is 65.2 Å². The highest BCUT2D eigenvalue weighted by molar-refractivity contribution is 6.31. The van der Waals surface area contributed by atoms with E-state index in [1.165, 1.54) is 7.05 Å². The number of urea groups is 1. The molecule has 1 unspecified atom stereocenters. The van der Waals surface area contributed by atoms with Gasteiger partial charge in [0.2, 0.25) is 5.91 Å². The molecule has 2 aliphatic rings. The maximum atomic E-state index is 14.9. The lowest BCUT2D eigenvalue weighted by atomic mass is 9.81. The molecule has 0 spiro atoms. The zero-order chi connectivity index (χ0) is 22.4. The van der Waals surface area contributed by atoms with Crippen molar-refractivity contribution in [3.8, 4) is 0 Å². The van der Waals surface area contributed by atoms with Gasteiger partial charge in [-0.2, -0.15) is 13.2 Å². The number of halogens is 6. The molecule has 4 atom stereocenters. The van der Waals surface area contributed by atoms with Gasteiger partial charge in [0.1, 0.15) is 28.7 Å². The lowest BCUT2D eigenvalue weighted by Crippen LogP contribution is -2.51. The van der Waals surface area contributed by atoms with Crippen LogP contribution in [0.15, 0.2) is 12.1 Å². The summed E-state index contributed by atoms with van der Waals surface area (Å²) >= 11 is 5.68. The van der Waals surface area contributed by atoms with E-state index >= 15 is 0 Å². The molecule has 3 N–H and O–H groups in total. The number of alkyl halides is 3. The van der Waals surface area contributed by atoms with Gasteiger partial charge in [-0.3, -0.25) is 9.69 Å². The molecule has 30 heavy (non-hydrogen) atoms. The highest BCUT2D eigenvalue weighted by Gasteiger charge is 2.49. The van der Waals surface area contributed by atoms with Crippen molar-refractivity contribution in [2.24, 2.45) is 11.7 Å². The molecule has 2 heterocycles. The summed E-state index contributed by atoms with van der Waals surface area (Å²) in [5.41, 5.74) is 5.02. The Balaban J connectivity index is 2.04. The van der Waals surface area contributed by atoms with Gasteiger partial charge in [-0.05, 0) is 38.4 Å². The summed E-state index contributed by atoms with van der Waals surface area (Å²) in [6.07, 6.45) is -4.72. The van der Waals surface area contributed by atoms with Crippen LogP contribution in [0.1, 0.15) is 24.4 Å². The van der Waals surface area contributed by atoms with E-state index in [0.717, 1.165) is 21.9 Å². The van der Waals surface area contributed by atoms with Gasteiger partial charge in [-0.15, -0.1) is 0 Å². The maximum absolute atomic E-state index is 14.9. The van der Waals surface area contributed by atoms with E-state index in [-0.39, 0.29) is 25.1 Å². The Morgan fingerprint density at radius 3 is 2.57 bits per heavy atom. The third-order valence-electron chi connectivity index (χ3n) is 5.74. The average Bonchev–Trinajstić information content (AvgIpc) is 3.04. The van der Waals surface area contributed by atoms with Crippen LogP contribution in [0.25, 0.3) is 0 Å². The summed E-state index contributed by atoms with van der Waals surface area (Å²) in [5, 5.41) is 1.52. The first-order valence-electron chi connectivity index (χ1n) is 9.18. The van der Waals surface area contributed by atoms with Crippen molar-refractivity contribution in [1.29, 1.82) is 0 Å². The molecule has 166 valence electrons. The summed E-state index contributed by atoms with van der Waals surface area (Å²) in [7, 11) is 1.34. The summed E-state index contributed by atoms with van der Waals surface area (Å²) < 4.78 is 69.1. The van der Waals surface area contributed by atoms with Crippen LogP contribution in [0.3, 0.4) is 0 Å². The van der Waals surface area contributed by atoms with Crippen LogP contribution in [0, 0.1) is 17.6 Å². The Hall–Kier alpha value is -2.14.